The summed E-state index contributed by atoms with van der Waals surface area (Å²) in [6.07, 6.45) is 5.71. The minimum Gasteiger partial charge on any atom is -0.350 e. The van der Waals surface area contributed by atoms with Gasteiger partial charge in [-0.1, -0.05) is 23.7 Å². The molecule has 0 saturated carbocycles. The molecule has 27 heavy (non-hydrogen) atoms. The van der Waals surface area contributed by atoms with Crippen LogP contribution in [-0.2, 0) is 0 Å². The largest absolute Gasteiger partial charge is 0.350 e. The van der Waals surface area contributed by atoms with Crippen LogP contribution in [0, 0.1) is 11.6 Å². The summed E-state index contributed by atoms with van der Waals surface area (Å²) in [4.78, 5) is 11.3. The summed E-state index contributed by atoms with van der Waals surface area (Å²) in [7, 11) is 0. The topological polar surface area (TPSA) is 29.0 Å². The lowest BCUT2D eigenvalue weighted by molar-refractivity contribution is 0.466. The van der Waals surface area contributed by atoms with Crippen molar-refractivity contribution >= 4 is 28.3 Å². The minimum atomic E-state index is -0.553. The summed E-state index contributed by atoms with van der Waals surface area (Å²) < 4.78 is 29.1. The summed E-state index contributed by atoms with van der Waals surface area (Å²) in [6.45, 7) is 0. The molecule has 6 heteroatoms. The van der Waals surface area contributed by atoms with E-state index in [0.717, 1.165) is 25.7 Å². The number of fused-ring (bicyclic) bond motifs is 3. The number of hydrogen-bond acceptors (Lipinski definition) is 3. The molecule has 2 fully saturated rings. The Morgan fingerprint density at radius 2 is 1.67 bits per heavy atom. The van der Waals surface area contributed by atoms with E-state index in [1.807, 2.05) is 0 Å². The van der Waals surface area contributed by atoms with E-state index < -0.39 is 11.6 Å². The fourth-order valence-corrected chi connectivity index (χ4v) is 4.78. The maximum atomic E-state index is 14.9. The number of piperidine rings is 1. The third kappa shape index (κ3) is 2.76. The third-order valence-corrected chi connectivity index (χ3v) is 5.98. The van der Waals surface area contributed by atoms with Crippen LogP contribution in [0.3, 0.4) is 0 Å². The fraction of sp³-hybridized carbons (Fsp3) is 0.333. The Morgan fingerprint density at radius 1 is 0.926 bits per heavy atom. The summed E-state index contributed by atoms with van der Waals surface area (Å²) in [5, 5.41) is 0.955. The van der Waals surface area contributed by atoms with E-state index in [-0.39, 0.29) is 11.3 Å². The van der Waals surface area contributed by atoms with E-state index >= 15 is 0 Å². The molecule has 0 radical (unpaired) electrons. The maximum Gasteiger partial charge on any atom is 0.150 e. The molecule has 0 aliphatic carbocycles. The Balaban J connectivity index is 1.71. The van der Waals surface area contributed by atoms with E-state index in [1.54, 1.807) is 18.2 Å². The van der Waals surface area contributed by atoms with Crippen LogP contribution in [0.25, 0.3) is 22.2 Å². The van der Waals surface area contributed by atoms with Gasteiger partial charge in [0.1, 0.15) is 28.3 Å². The Bertz CT molecular complexity index is 1020. The standard InChI is InChI=1S/C21H18ClF2N3/c22-19-11-18-15(21(26-19)27-12-4-3-5-13(27)9-8-12)10-17(24)20(25-18)14-6-1-2-7-16(14)23/h1-2,6-7,10-13H,3-5,8-9H2. The number of rotatable bonds is 2. The van der Waals surface area contributed by atoms with Crippen molar-refractivity contribution in [3.8, 4) is 11.3 Å². The SMILES string of the molecule is Fc1ccccc1-c1nc2cc(Cl)nc(N3C4CCCC3CC4)c2cc1F. The highest BCUT2D eigenvalue weighted by Crippen LogP contribution is 2.42. The first-order valence-corrected chi connectivity index (χ1v) is 9.69. The average Bonchev–Trinajstić information content (AvgIpc) is 2.89. The predicted octanol–water partition coefficient (Wildman–Crippen LogP) is 5.75. The molecule has 2 bridgehead atoms. The molecule has 0 spiro atoms. The minimum absolute atomic E-state index is 0.00423. The number of pyridine rings is 2. The molecule has 0 N–H and O–H groups in total. The summed E-state index contributed by atoms with van der Waals surface area (Å²) in [5.41, 5.74) is 0.675. The van der Waals surface area contributed by atoms with E-state index in [2.05, 4.69) is 14.9 Å². The van der Waals surface area contributed by atoms with Gasteiger partial charge < -0.3 is 4.90 Å². The number of benzene rings is 1. The van der Waals surface area contributed by atoms with E-state index in [9.17, 15) is 8.78 Å². The van der Waals surface area contributed by atoms with Crippen LogP contribution in [-0.4, -0.2) is 22.1 Å². The van der Waals surface area contributed by atoms with E-state index in [1.165, 1.54) is 24.6 Å². The second kappa shape index (κ2) is 6.41. The van der Waals surface area contributed by atoms with E-state index in [4.69, 9.17) is 11.6 Å². The molecule has 0 amide bonds. The van der Waals surface area contributed by atoms with Crippen molar-refractivity contribution in [3.63, 3.8) is 0 Å². The zero-order valence-corrected chi connectivity index (χ0v) is 15.4. The van der Waals surface area contributed by atoms with Crippen LogP contribution in [0.4, 0.5) is 14.6 Å². The summed E-state index contributed by atoms with van der Waals surface area (Å²) >= 11 is 6.28. The molecule has 2 aromatic heterocycles. The average molecular weight is 386 g/mol. The van der Waals surface area contributed by atoms with Crippen molar-refractivity contribution in [2.75, 3.05) is 4.90 Å². The Morgan fingerprint density at radius 3 is 2.41 bits per heavy atom. The fourth-order valence-electron chi connectivity index (χ4n) is 4.60. The molecule has 3 aromatic rings. The van der Waals surface area contributed by atoms with E-state index in [0.29, 0.717) is 34.0 Å². The van der Waals surface area contributed by atoms with Crippen molar-refractivity contribution in [1.82, 2.24) is 9.97 Å². The molecule has 2 atom stereocenters. The highest BCUT2D eigenvalue weighted by molar-refractivity contribution is 6.30. The molecule has 5 rings (SSSR count). The monoisotopic (exact) mass is 385 g/mol. The van der Waals surface area contributed by atoms with Gasteiger partial charge in [-0.25, -0.2) is 18.7 Å². The summed E-state index contributed by atoms with van der Waals surface area (Å²) in [5.74, 6) is -0.351. The van der Waals surface area contributed by atoms with Gasteiger partial charge in [0.2, 0.25) is 0 Å². The third-order valence-electron chi connectivity index (χ3n) is 5.78. The number of nitrogens with zero attached hydrogens (tertiary/aromatic N) is 3. The smallest absolute Gasteiger partial charge is 0.150 e. The highest BCUT2D eigenvalue weighted by atomic mass is 35.5. The predicted molar refractivity (Wildman–Crippen MR) is 103 cm³/mol. The Kier molecular flexibility index (Phi) is 4.01. The Hall–Kier alpha value is -2.27. The second-order valence-electron chi connectivity index (χ2n) is 7.36. The first-order chi connectivity index (χ1) is 13.1. The summed E-state index contributed by atoms with van der Waals surface area (Å²) in [6, 6.07) is 9.97. The normalized spacial score (nSPS) is 21.8. The zero-order valence-electron chi connectivity index (χ0n) is 14.6. The molecule has 2 saturated heterocycles. The molecule has 3 nitrogen and oxygen atoms in total. The molecule has 2 aliphatic heterocycles. The van der Waals surface area contributed by atoms with Gasteiger partial charge in [-0.2, -0.15) is 0 Å². The van der Waals surface area contributed by atoms with Crippen molar-refractivity contribution < 1.29 is 8.78 Å². The van der Waals surface area contributed by atoms with Gasteiger partial charge in [-0.05, 0) is 50.3 Å². The number of halogens is 3. The van der Waals surface area contributed by atoms with Crippen molar-refractivity contribution in [2.45, 2.75) is 44.2 Å². The van der Waals surface area contributed by atoms with Crippen LogP contribution >= 0.6 is 11.6 Å². The number of hydrogen-bond donors (Lipinski definition) is 0. The second-order valence-corrected chi connectivity index (χ2v) is 7.74. The highest BCUT2D eigenvalue weighted by Gasteiger charge is 2.38. The number of aromatic nitrogens is 2. The first-order valence-electron chi connectivity index (χ1n) is 9.32. The molecular weight excluding hydrogens is 368 g/mol. The van der Waals surface area contributed by atoms with Crippen LogP contribution < -0.4 is 4.90 Å². The van der Waals surface area contributed by atoms with Crippen molar-refractivity contribution in [2.24, 2.45) is 0 Å². The lowest BCUT2D eigenvalue weighted by atomic mass is 10.0. The molecule has 138 valence electrons. The van der Waals surface area contributed by atoms with Gasteiger partial charge in [0.15, 0.2) is 0 Å². The lowest BCUT2D eigenvalue weighted by Crippen LogP contribution is -2.40. The van der Waals surface area contributed by atoms with Gasteiger partial charge in [0, 0.05) is 29.1 Å². The quantitative estimate of drug-likeness (QED) is 0.526. The van der Waals surface area contributed by atoms with Gasteiger partial charge in [-0.15, -0.1) is 0 Å². The molecule has 1 aromatic carbocycles. The van der Waals surface area contributed by atoms with Crippen LogP contribution in [0.2, 0.25) is 5.15 Å². The van der Waals surface area contributed by atoms with Crippen molar-refractivity contribution in [1.29, 1.82) is 0 Å². The van der Waals surface area contributed by atoms with Gasteiger partial charge in [0.25, 0.3) is 0 Å². The molecule has 2 aliphatic rings. The van der Waals surface area contributed by atoms with Crippen LogP contribution in [0.1, 0.15) is 32.1 Å². The van der Waals surface area contributed by atoms with Crippen LogP contribution in [0.5, 0.6) is 0 Å². The van der Waals surface area contributed by atoms with Crippen LogP contribution in [0.15, 0.2) is 36.4 Å². The molecule has 2 unspecified atom stereocenters. The molecular formula is C21H18ClF2N3. The van der Waals surface area contributed by atoms with Gasteiger partial charge in [-0.3, -0.25) is 0 Å². The van der Waals surface area contributed by atoms with Gasteiger partial charge >= 0.3 is 0 Å². The number of anilines is 1. The first kappa shape index (κ1) is 16.9. The van der Waals surface area contributed by atoms with Crippen molar-refractivity contribution in [3.05, 3.63) is 53.2 Å². The Labute approximate surface area is 161 Å². The maximum absolute atomic E-state index is 14.9. The molecule has 4 heterocycles. The zero-order chi connectivity index (χ0) is 18.5. The van der Waals surface area contributed by atoms with Gasteiger partial charge in [0.05, 0.1) is 5.52 Å². The lowest BCUT2D eigenvalue weighted by Gasteiger charge is -2.36.